The molecule has 0 aliphatic rings. The van der Waals surface area contributed by atoms with Crippen LogP contribution >= 0.6 is 0 Å². The number of nitrogens with one attached hydrogen (secondary N) is 1. The highest BCUT2D eigenvalue weighted by Crippen LogP contribution is 2.21. The molecule has 1 atom stereocenters. The van der Waals surface area contributed by atoms with Crippen LogP contribution in [0.15, 0.2) is 42.6 Å². The molecule has 8 heteroatoms. The molecule has 0 spiro atoms. The van der Waals surface area contributed by atoms with Crippen molar-refractivity contribution in [2.24, 2.45) is 0 Å². The number of hydrogen-bond acceptors (Lipinski definition) is 7. The first-order chi connectivity index (χ1) is 13.0. The smallest absolute Gasteiger partial charge is 0.349 e. The number of nitrogens with zero attached hydrogens (tertiary/aromatic N) is 2. The molecule has 142 valence electrons. The van der Waals surface area contributed by atoms with Crippen LogP contribution in [0.1, 0.15) is 60.1 Å². The van der Waals surface area contributed by atoms with Crippen LogP contribution in [0.25, 0.3) is 11.7 Å². The second-order valence-electron chi connectivity index (χ2n) is 6.36. The highest BCUT2D eigenvalue weighted by Gasteiger charge is 2.19. The minimum Gasteiger partial charge on any atom is -0.459 e. The Morgan fingerprint density at radius 3 is 2.85 bits per heavy atom. The van der Waals surface area contributed by atoms with E-state index in [0.29, 0.717) is 17.1 Å². The molecular weight excluding hydrogens is 350 g/mol. The number of carbonyl (C=O) groups excluding carboxylic acids is 1. The summed E-state index contributed by atoms with van der Waals surface area (Å²) in [6.07, 6.45) is 3.38. The Morgan fingerprint density at radius 2 is 2.19 bits per heavy atom. The minimum absolute atomic E-state index is 0.00983. The van der Waals surface area contributed by atoms with Crippen LogP contribution < -0.4 is 10.9 Å². The summed E-state index contributed by atoms with van der Waals surface area (Å²) in [5, 5.41) is 6.39. The Bertz CT molecular complexity index is 972. The molecule has 8 nitrogen and oxygen atoms in total. The molecule has 0 aliphatic carbocycles. The lowest BCUT2D eigenvalue weighted by molar-refractivity contribution is 0.0944. The molecule has 3 heterocycles. The maximum atomic E-state index is 12.4. The van der Waals surface area contributed by atoms with Crippen molar-refractivity contribution in [3.05, 3.63) is 57.6 Å². The van der Waals surface area contributed by atoms with Crippen LogP contribution in [-0.2, 0) is 6.54 Å². The zero-order chi connectivity index (χ0) is 19.4. The summed E-state index contributed by atoms with van der Waals surface area (Å²) in [5.74, 6) is 1.10. The number of aryl methyl sites for hydroxylation is 1. The van der Waals surface area contributed by atoms with E-state index in [0.717, 1.165) is 12.8 Å². The molecule has 3 aromatic rings. The van der Waals surface area contributed by atoms with E-state index >= 15 is 0 Å². The Hall–Kier alpha value is -3.16. The van der Waals surface area contributed by atoms with Gasteiger partial charge >= 0.3 is 5.63 Å². The molecule has 0 saturated heterocycles. The molecule has 0 bridgehead atoms. The Kier molecular flexibility index (Phi) is 5.54. The van der Waals surface area contributed by atoms with Crippen molar-refractivity contribution in [2.45, 2.75) is 46.1 Å². The van der Waals surface area contributed by atoms with Crippen molar-refractivity contribution in [3.8, 4) is 11.7 Å². The second-order valence-corrected chi connectivity index (χ2v) is 6.36. The third kappa shape index (κ3) is 4.16. The second kappa shape index (κ2) is 8.03. The number of aromatic nitrogens is 2. The Labute approximate surface area is 155 Å². The summed E-state index contributed by atoms with van der Waals surface area (Å²) < 4.78 is 15.6. The fraction of sp³-hybridized carbons (Fsp3) is 0.368. The zero-order valence-corrected chi connectivity index (χ0v) is 15.4. The van der Waals surface area contributed by atoms with Gasteiger partial charge in [0.05, 0.1) is 12.8 Å². The zero-order valence-electron chi connectivity index (χ0n) is 15.4. The average molecular weight is 371 g/mol. The van der Waals surface area contributed by atoms with Crippen LogP contribution in [0.4, 0.5) is 0 Å². The molecule has 1 amide bonds. The van der Waals surface area contributed by atoms with Gasteiger partial charge in [-0.2, -0.15) is 4.98 Å². The largest absolute Gasteiger partial charge is 0.459 e. The van der Waals surface area contributed by atoms with Gasteiger partial charge in [-0.1, -0.05) is 25.4 Å². The van der Waals surface area contributed by atoms with Crippen LogP contribution in [0.2, 0.25) is 0 Å². The van der Waals surface area contributed by atoms with Gasteiger partial charge in [-0.05, 0) is 37.1 Å². The normalized spacial score (nSPS) is 12.1. The summed E-state index contributed by atoms with van der Waals surface area (Å²) >= 11 is 0. The molecule has 3 aromatic heterocycles. The van der Waals surface area contributed by atoms with Gasteiger partial charge in [-0.3, -0.25) is 4.79 Å². The van der Waals surface area contributed by atoms with Gasteiger partial charge in [0.25, 0.3) is 11.8 Å². The van der Waals surface area contributed by atoms with Gasteiger partial charge in [0, 0.05) is 5.92 Å². The van der Waals surface area contributed by atoms with Gasteiger partial charge in [-0.25, -0.2) is 4.79 Å². The van der Waals surface area contributed by atoms with Crippen LogP contribution in [0.5, 0.6) is 0 Å². The van der Waals surface area contributed by atoms with Crippen LogP contribution in [-0.4, -0.2) is 16.0 Å². The van der Waals surface area contributed by atoms with E-state index in [9.17, 15) is 9.59 Å². The number of rotatable bonds is 7. The number of carbonyl (C=O) groups is 1. The van der Waals surface area contributed by atoms with E-state index < -0.39 is 11.5 Å². The predicted octanol–water partition coefficient (Wildman–Crippen LogP) is 3.42. The van der Waals surface area contributed by atoms with Crippen molar-refractivity contribution in [1.29, 1.82) is 0 Å². The van der Waals surface area contributed by atoms with E-state index in [-0.39, 0.29) is 29.7 Å². The average Bonchev–Trinajstić information content (AvgIpc) is 3.31. The summed E-state index contributed by atoms with van der Waals surface area (Å²) in [6, 6.07) is 5.14. The Balaban J connectivity index is 1.70. The van der Waals surface area contributed by atoms with Crippen molar-refractivity contribution in [1.82, 2.24) is 15.5 Å². The lowest BCUT2D eigenvalue weighted by Gasteiger charge is -2.11. The molecule has 0 saturated carbocycles. The maximum Gasteiger partial charge on any atom is 0.349 e. The standard InChI is InChI=1S/C19H21N3O5/c1-4-6-11(2)14-9-12(3)16(19(24)26-14)17(23)20-10-15-21-18(27-22-15)13-7-5-8-25-13/h5,7-9,11H,4,6,10H2,1-3H3,(H,20,23). The first kappa shape index (κ1) is 18.6. The molecule has 0 fully saturated rings. The molecule has 27 heavy (non-hydrogen) atoms. The monoisotopic (exact) mass is 371 g/mol. The number of furan rings is 1. The summed E-state index contributed by atoms with van der Waals surface area (Å²) in [7, 11) is 0. The molecule has 0 aromatic carbocycles. The van der Waals surface area contributed by atoms with E-state index in [1.54, 1.807) is 25.1 Å². The van der Waals surface area contributed by atoms with Crippen molar-refractivity contribution >= 4 is 5.91 Å². The van der Waals surface area contributed by atoms with Crippen molar-refractivity contribution in [3.63, 3.8) is 0 Å². The summed E-state index contributed by atoms with van der Waals surface area (Å²) in [5.41, 5.74) is -0.0851. The van der Waals surface area contributed by atoms with Crippen LogP contribution in [0, 0.1) is 6.92 Å². The summed E-state index contributed by atoms with van der Waals surface area (Å²) in [6.45, 7) is 5.79. The van der Waals surface area contributed by atoms with E-state index in [4.69, 9.17) is 13.4 Å². The topological polar surface area (TPSA) is 111 Å². The Morgan fingerprint density at radius 1 is 1.37 bits per heavy atom. The highest BCUT2D eigenvalue weighted by molar-refractivity contribution is 5.95. The quantitative estimate of drug-likeness (QED) is 0.677. The molecule has 1 unspecified atom stereocenters. The van der Waals surface area contributed by atoms with Gasteiger partial charge in [0.1, 0.15) is 11.3 Å². The number of amides is 1. The molecule has 0 aliphatic heterocycles. The van der Waals surface area contributed by atoms with E-state index in [1.807, 2.05) is 6.92 Å². The van der Waals surface area contributed by atoms with Gasteiger partial charge < -0.3 is 18.7 Å². The predicted molar refractivity (Wildman–Crippen MR) is 96.2 cm³/mol. The third-order valence-corrected chi connectivity index (χ3v) is 4.21. The lowest BCUT2D eigenvalue weighted by atomic mass is 10.0. The molecular formula is C19H21N3O5. The maximum absolute atomic E-state index is 12.4. The summed E-state index contributed by atoms with van der Waals surface area (Å²) in [4.78, 5) is 28.9. The SMILES string of the molecule is CCCC(C)c1cc(C)c(C(=O)NCc2noc(-c3ccco3)n2)c(=O)o1. The number of hydrogen-bond donors (Lipinski definition) is 1. The first-order valence-electron chi connectivity index (χ1n) is 8.79. The van der Waals surface area contributed by atoms with Gasteiger partial charge in [-0.15, -0.1) is 0 Å². The van der Waals surface area contributed by atoms with Crippen molar-refractivity contribution in [2.75, 3.05) is 0 Å². The van der Waals surface area contributed by atoms with Crippen LogP contribution in [0.3, 0.4) is 0 Å². The molecule has 1 N–H and O–H groups in total. The van der Waals surface area contributed by atoms with Gasteiger partial charge in [0.15, 0.2) is 11.6 Å². The van der Waals surface area contributed by atoms with E-state index in [1.165, 1.54) is 6.26 Å². The van der Waals surface area contributed by atoms with Gasteiger partial charge in [0.2, 0.25) is 0 Å². The molecule has 3 rings (SSSR count). The highest BCUT2D eigenvalue weighted by atomic mass is 16.5. The fourth-order valence-electron chi connectivity index (χ4n) is 2.80. The van der Waals surface area contributed by atoms with E-state index in [2.05, 4.69) is 22.4 Å². The fourth-order valence-corrected chi connectivity index (χ4v) is 2.80. The van der Waals surface area contributed by atoms with Crippen molar-refractivity contribution < 1.29 is 18.2 Å². The third-order valence-electron chi connectivity index (χ3n) is 4.21. The lowest BCUT2D eigenvalue weighted by Crippen LogP contribution is -2.29. The first-order valence-corrected chi connectivity index (χ1v) is 8.79. The minimum atomic E-state index is -0.644. The molecule has 0 radical (unpaired) electrons.